The lowest BCUT2D eigenvalue weighted by molar-refractivity contribution is 0.531. The molecule has 0 fully saturated rings. The standard InChI is InChI=1S/C6H10N2OS/c1-10-3-2-5-4-8-6(7)9-5/h4H,2-3H2,1H3,(H2,7,8). The monoisotopic (exact) mass is 158 g/mol. The molecule has 0 amide bonds. The van der Waals surface area contributed by atoms with E-state index < -0.39 is 0 Å². The second kappa shape index (κ2) is 3.51. The van der Waals surface area contributed by atoms with Crippen molar-refractivity contribution < 1.29 is 4.42 Å². The summed E-state index contributed by atoms with van der Waals surface area (Å²) >= 11 is 1.78. The first-order valence-corrected chi connectivity index (χ1v) is 4.41. The van der Waals surface area contributed by atoms with Crippen molar-refractivity contribution in [2.75, 3.05) is 17.7 Å². The highest BCUT2D eigenvalue weighted by Gasteiger charge is 1.97. The van der Waals surface area contributed by atoms with Gasteiger partial charge in [0.2, 0.25) is 0 Å². The SMILES string of the molecule is CSCCc1cnc(N)o1. The first-order chi connectivity index (χ1) is 4.83. The number of nitrogens with zero attached hydrogens (tertiary/aromatic N) is 1. The molecule has 0 aromatic carbocycles. The Labute approximate surface area is 64.0 Å². The summed E-state index contributed by atoms with van der Waals surface area (Å²) in [5.41, 5.74) is 5.27. The smallest absolute Gasteiger partial charge is 0.292 e. The fourth-order valence-electron chi connectivity index (χ4n) is 0.641. The molecule has 0 saturated carbocycles. The number of aryl methyl sites for hydroxylation is 1. The predicted octanol–water partition coefficient (Wildman–Crippen LogP) is 1.16. The van der Waals surface area contributed by atoms with Crippen molar-refractivity contribution in [2.24, 2.45) is 0 Å². The Hall–Kier alpha value is -0.640. The van der Waals surface area contributed by atoms with Crippen LogP contribution in [0.2, 0.25) is 0 Å². The third-order valence-electron chi connectivity index (χ3n) is 1.12. The van der Waals surface area contributed by atoms with Crippen LogP contribution in [0.1, 0.15) is 5.76 Å². The van der Waals surface area contributed by atoms with E-state index in [1.54, 1.807) is 18.0 Å². The zero-order valence-electron chi connectivity index (χ0n) is 5.83. The van der Waals surface area contributed by atoms with Gasteiger partial charge in [-0.05, 0) is 6.26 Å². The van der Waals surface area contributed by atoms with Crippen LogP contribution in [-0.2, 0) is 6.42 Å². The van der Waals surface area contributed by atoms with Crippen molar-refractivity contribution in [3.8, 4) is 0 Å². The van der Waals surface area contributed by atoms with Gasteiger partial charge in [0.1, 0.15) is 5.76 Å². The molecule has 0 atom stereocenters. The van der Waals surface area contributed by atoms with Crippen molar-refractivity contribution in [2.45, 2.75) is 6.42 Å². The van der Waals surface area contributed by atoms with Crippen LogP contribution >= 0.6 is 11.8 Å². The Balaban J connectivity index is 2.42. The van der Waals surface area contributed by atoms with Crippen molar-refractivity contribution in [1.29, 1.82) is 0 Å². The van der Waals surface area contributed by atoms with E-state index in [1.807, 2.05) is 0 Å². The van der Waals surface area contributed by atoms with Gasteiger partial charge in [-0.3, -0.25) is 0 Å². The average Bonchev–Trinajstić information content (AvgIpc) is 2.31. The maximum atomic E-state index is 5.27. The van der Waals surface area contributed by atoms with Crippen molar-refractivity contribution in [1.82, 2.24) is 4.98 Å². The Bertz CT molecular complexity index is 199. The molecule has 0 unspecified atom stereocenters. The van der Waals surface area contributed by atoms with Crippen LogP contribution in [0.4, 0.5) is 6.01 Å². The summed E-state index contributed by atoms with van der Waals surface area (Å²) in [5.74, 6) is 1.92. The van der Waals surface area contributed by atoms with Crippen LogP contribution in [0.25, 0.3) is 0 Å². The molecule has 1 rings (SSSR count). The molecule has 0 aliphatic carbocycles. The van der Waals surface area contributed by atoms with Crippen LogP contribution in [0, 0.1) is 0 Å². The molecule has 3 nitrogen and oxygen atoms in total. The van der Waals surface area contributed by atoms with E-state index in [0.29, 0.717) is 0 Å². The van der Waals surface area contributed by atoms with Gasteiger partial charge in [-0.2, -0.15) is 11.8 Å². The third kappa shape index (κ3) is 1.95. The number of oxazole rings is 1. The second-order valence-electron chi connectivity index (χ2n) is 1.91. The van der Waals surface area contributed by atoms with E-state index >= 15 is 0 Å². The summed E-state index contributed by atoms with van der Waals surface area (Å²) in [6.07, 6.45) is 4.64. The number of hydrogen-bond donors (Lipinski definition) is 1. The minimum Gasteiger partial charge on any atom is -0.429 e. The van der Waals surface area contributed by atoms with E-state index in [-0.39, 0.29) is 6.01 Å². The zero-order chi connectivity index (χ0) is 7.40. The van der Waals surface area contributed by atoms with Gasteiger partial charge >= 0.3 is 0 Å². The Kier molecular flexibility index (Phi) is 2.62. The van der Waals surface area contributed by atoms with Gasteiger partial charge < -0.3 is 10.2 Å². The molecule has 0 bridgehead atoms. The van der Waals surface area contributed by atoms with Crippen LogP contribution in [-0.4, -0.2) is 17.0 Å². The van der Waals surface area contributed by atoms with E-state index in [4.69, 9.17) is 10.2 Å². The molecule has 1 aromatic rings. The average molecular weight is 158 g/mol. The van der Waals surface area contributed by atoms with E-state index in [1.165, 1.54) is 0 Å². The van der Waals surface area contributed by atoms with Crippen molar-refractivity contribution >= 4 is 17.8 Å². The largest absolute Gasteiger partial charge is 0.429 e. The fraction of sp³-hybridized carbons (Fsp3) is 0.500. The topological polar surface area (TPSA) is 52.0 Å². The number of nitrogen functional groups attached to an aromatic ring is 1. The predicted molar refractivity (Wildman–Crippen MR) is 43.0 cm³/mol. The fourth-order valence-corrected chi connectivity index (χ4v) is 1.05. The molecule has 1 heterocycles. The van der Waals surface area contributed by atoms with Gasteiger partial charge in [-0.25, -0.2) is 4.98 Å². The number of hydrogen-bond acceptors (Lipinski definition) is 4. The highest BCUT2D eigenvalue weighted by Crippen LogP contribution is 2.07. The highest BCUT2D eigenvalue weighted by atomic mass is 32.2. The summed E-state index contributed by atoms with van der Waals surface area (Å²) in [4.78, 5) is 3.77. The summed E-state index contributed by atoms with van der Waals surface area (Å²) in [6.45, 7) is 0. The molecular weight excluding hydrogens is 148 g/mol. The molecule has 1 aromatic heterocycles. The van der Waals surface area contributed by atoms with Gasteiger partial charge in [0.05, 0.1) is 6.20 Å². The maximum absolute atomic E-state index is 5.27. The first kappa shape index (κ1) is 7.47. The lowest BCUT2D eigenvalue weighted by atomic mass is 10.4. The quantitative estimate of drug-likeness (QED) is 0.717. The molecule has 2 N–H and O–H groups in total. The second-order valence-corrected chi connectivity index (χ2v) is 2.89. The van der Waals surface area contributed by atoms with Gasteiger partial charge in [-0.1, -0.05) is 0 Å². The van der Waals surface area contributed by atoms with Crippen molar-refractivity contribution in [3.05, 3.63) is 12.0 Å². The normalized spacial score (nSPS) is 10.1. The molecule has 0 spiro atoms. The summed E-state index contributed by atoms with van der Waals surface area (Å²) < 4.78 is 5.04. The lowest BCUT2D eigenvalue weighted by Gasteiger charge is -1.89. The minimum atomic E-state index is 0.260. The summed E-state index contributed by atoms with van der Waals surface area (Å²) in [5, 5.41) is 0. The number of nitrogens with two attached hydrogens (primary N) is 1. The minimum absolute atomic E-state index is 0.260. The zero-order valence-corrected chi connectivity index (χ0v) is 6.65. The van der Waals surface area contributed by atoms with Crippen LogP contribution in [0.5, 0.6) is 0 Å². The van der Waals surface area contributed by atoms with Gasteiger partial charge in [0.25, 0.3) is 6.01 Å². The van der Waals surface area contributed by atoms with E-state index in [0.717, 1.165) is 17.9 Å². The van der Waals surface area contributed by atoms with Crippen LogP contribution in [0.3, 0.4) is 0 Å². The Morgan fingerprint density at radius 3 is 3.10 bits per heavy atom. The van der Waals surface area contributed by atoms with Gasteiger partial charge in [0, 0.05) is 12.2 Å². The molecular formula is C6H10N2OS. The number of rotatable bonds is 3. The molecule has 0 aliphatic rings. The number of aromatic nitrogens is 1. The maximum Gasteiger partial charge on any atom is 0.292 e. The molecule has 0 saturated heterocycles. The van der Waals surface area contributed by atoms with Crippen LogP contribution < -0.4 is 5.73 Å². The lowest BCUT2D eigenvalue weighted by Crippen LogP contribution is -1.84. The van der Waals surface area contributed by atoms with Gasteiger partial charge in [0.15, 0.2) is 0 Å². The number of thioether (sulfide) groups is 1. The third-order valence-corrected chi connectivity index (χ3v) is 1.74. The first-order valence-electron chi connectivity index (χ1n) is 3.02. The van der Waals surface area contributed by atoms with E-state index in [9.17, 15) is 0 Å². The Morgan fingerprint density at radius 1 is 1.80 bits per heavy atom. The van der Waals surface area contributed by atoms with Crippen molar-refractivity contribution in [3.63, 3.8) is 0 Å². The number of anilines is 1. The Morgan fingerprint density at radius 2 is 2.60 bits per heavy atom. The van der Waals surface area contributed by atoms with Crippen LogP contribution in [0.15, 0.2) is 10.6 Å². The molecule has 4 heteroatoms. The highest BCUT2D eigenvalue weighted by molar-refractivity contribution is 7.98. The molecule has 0 radical (unpaired) electrons. The molecule has 56 valence electrons. The molecule has 0 aliphatic heterocycles. The van der Waals surface area contributed by atoms with Gasteiger partial charge in [-0.15, -0.1) is 0 Å². The summed E-state index contributed by atoms with van der Waals surface area (Å²) in [7, 11) is 0. The molecule has 10 heavy (non-hydrogen) atoms. The van der Waals surface area contributed by atoms with E-state index in [2.05, 4.69) is 11.2 Å². The summed E-state index contributed by atoms with van der Waals surface area (Å²) in [6, 6.07) is 0.260.